The van der Waals surface area contributed by atoms with E-state index in [0.29, 0.717) is 16.0 Å². The molecule has 0 radical (unpaired) electrons. The van der Waals surface area contributed by atoms with Gasteiger partial charge in [-0.05, 0) is 24.3 Å². The highest BCUT2D eigenvalue weighted by atomic mass is 32.1. The molecule has 3 aromatic rings. The van der Waals surface area contributed by atoms with Crippen LogP contribution in [0.1, 0.15) is 5.56 Å². The van der Waals surface area contributed by atoms with Crippen molar-refractivity contribution >= 4 is 28.9 Å². The maximum Gasteiger partial charge on any atom is 0.273 e. The smallest absolute Gasteiger partial charge is 0.273 e. The van der Waals surface area contributed by atoms with Crippen molar-refractivity contribution in [3.8, 4) is 17.5 Å². The van der Waals surface area contributed by atoms with Crippen LogP contribution in [0.2, 0.25) is 0 Å². The van der Waals surface area contributed by atoms with Crippen molar-refractivity contribution in [3.05, 3.63) is 79.7 Å². The third kappa shape index (κ3) is 3.59. The highest BCUT2D eigenvalue weighted by molar-refractivity contribution is 7.07. The largest absolute Gasteiger partial charge is 0.496 e. The normalized spacial score (nSPS) is 12.2. The lowest BCUT2D eigenvalue weighted by Crippen LogP contribution is -2.33. The molecule has 6 nitrogen and oxygen atoms in total. The first-order chi connectivity index (χ1) is 13.6. The number of ether oxygens (including phenoxy) is 1. The Hall–Kier alpha value is -3.63. The number of hydrogen-bond donors (Lipinski definition) is 1. The van der Waals surface area contributed by atoms with Gasteiger partial charge in [0.1, 0.15) is 16.5 Å². The number of nitrogens with zero attached hydrogens (tertiary/aromatic N) is 2. The summed E-state index contributed by atoms with van der Waals surface area (Å²) in [7, 11) is 3.00. The number of rotatable bonds is 4. The molecule has 1 heterocycles. The first-order valence-corrected chi connectivity index (χ1v) is 9.21. The number of benzene rings is 2. The summed E-state index contributed by atoms with van der Waals surface area (Å²) in [5, 5.41) is 12.0. The Labute approximate surface area is 165 Å². The molecule has 0 aliphatic heterocycles. The van der Waals surface area contributed by atoms with E-state index in [4.69, 9.17) is 4.74 Å². The van der Waals surface area contributed by atoms with Gasteiger partial charge in [-0.2, -0.15) is 5.26 Å². The monoisotopic (exact) mass is 391 g/mol. The van der Waals surface area contributed by atoms with E-state index in [2.05, 4.69) is 5.32 Å². The van der Waals surface area contributed by atoms with Gasteiger partial charge in [0.2, 0.25) is 0 Å². The maximum atomic E-state index is 13.2. The minimum absolute atomic E-state index is 0.117. The number of amides is 1. The predicted octanol–water partition coefficient (Wildman–Crippen LogP) is 1.16. The summed E-state index contributed by atoms with van der Waals surface area (Å²) in [6, 6.07) is 18.2. The summed E-state index contributed by atoms with van der Waals surface area (Å²) < 4.78 is 7.40. The molecule has 0 spiro atoms. The summed E-state index contributed by atoms with van der Waals surface area (Å²) in [4.78, 5) is 25.4. The van der Waals surface area contributed by atoms with Crippen molar-refractivity contribution in [2.45, 2.75) is 0 Å². The minimum atomic E-state index is -0.544. The molecule has 140 valence electrons. The maximum absolute atomic E-state index is 13.2. The molecule has 1 amide bonds. The second-order valence-electron chi connectivity index (χ2n) is 5.70. The number of nitriles is 1. The topological polar surface area (TPSA) is 84.1 Å². The molecule has 1 aromatic heterocycles. The molecule has 0 aliphatic carbocycles. The summed E-state index contributed by atoms with van der Waals surface area (Å²) in [6.07, 6.45) is 1.70. The zero-order valence-corrected chi connectivity index (χ0v) is 16.1. The Kier molecular flexibility index (Phi) is 5.72. The molecule has 1 N–H and O–H groups in total. The van der Waals surface area contributed by atoms with Gasteiger partial charge < -0.3 is 10.1 Å². The van der Waals surface area contributed by atoms with E-state index in [1.165, 1.54) is 11.6 Å². The van der Waals surface area contributed by atoms with Crippen molar-refractivity contribution in [3.63, 3.8) is 0 Å². The van der Waals surface area contributed by atoms with Gasteiger partial charge in [0.15, 0.2) is 5.57 Å². The van der Waals surface area contributed by atoms with Crippen LogP contribution in [-0.4, -0.2) is 24.6 Å². The average molecular weight is 391 g/mol. The van der Waals surface area contributed by atoms with Gasteiger partial charge >= 0.3 is 0 Å². The Morgan fingerprint density at radius 3 is 2.50 bits per heavy atom. The van der Waals surface area contributed by atoms with E-state index in [1.54, 1.807) is 43.5 Å². The second-order valence-corrected chi connectivity index (χ2v) is 6.73. The van der Waals surface area contributed by atoms with E-state index in [9.17, 15) is 14.9 Å². The standard InChI is InChI=1S/C21H17N3O3S/c1-23-19(25)16(13-22)21-24(15-9-4-3-5-10-15)20(26)18(28-21)12-14-8-6-7-11-17(14)27-2/h3-12H,1-2H3,(H,23,25)/b18-12-,21-16-. The van der Waals surface area contributed by atoms with Gasteiger partial charge in [0.05, 0.1) is 17.3 Å². The zero-order chi connectivity index (χ0) is 20.1. The average Bonchev–Trinajstić information content (AvgIpc) is 3.05. The first kappa shape index (κ1) is 19.1. The van der Waals surface area contributed by atoms with Crippen LogP contribution in [0.25, 0.3) is 17.3 Å². The van der Waals surface area contributed by atoms with Gasteiger partial charge in [-0.15, -0.1) is 11.3 Å². The fourth-order valence-electron chi connectivity index (χ4n) is 2.71. The number of thiazole rings is 1. The fraction of sp³-hybridized carbons (Fsp3) is 0.0952. The van der Waals surface area contributed by atoms with Gasteiger partial charge in [0, 0.05) is 12.6 Å². The van der Waals surface area contributed by atoms with Crippen molar-refractivity contribution in [2.24, 2.45) is 0 Å². The second kappa shape index (κ2) is 8.37. The molecular weight excluding hydrogens is 374 g/mol. The molecule has 0 atom stereocenters. The molecule has 0 aliphatic rings. The van der Waals surface area contributed by atoms with E-state index in [1.807, 2.05) is 30.3 Å². The summed E-state index contributed by atoms with van der Waals surface area (Å²) in [6.45, 7) is 0. The molecule has 0 unspecified atom stereocenters. The van der Waals surface area contributed by atoms with Crippen LogP contribution in [-0.2, 0) is 4.79 Å². The van der Waals surface area contributed by atoms with Crippen LogP contribution in [0.5, 0.6) is 5.75 Å². The summed E-state index contributed by atoms with van der Waals surface area (Å²) >= 11 is 1.09. The van der Waals surface area contributed by atoms with E-state index in [-0.39, 0.29) is 15.8 Å². The SMILES string of the molecule is CNC(=O)/C(C#N)=c1\s/c(=C\c2ccccc2OC)c(=O)n1-c1ccccc1. The van der Waals surface area contributed by atoms with Crippen molar-refractivity contribution in [2.75, 3.05) is 14.2 Å². The van der Waals surface area contributed by atoms with Gasteiger partial charge in [0.25, 0.3) is 11.5 Å². The quantitative estimate of drug-likeness (QED) is 0.723. The zero-order valence-electron chi connectivity index (χ0n) is 15.3. The Balaban J connectivity index is 2.42. The molecule has 28 heavy (non-hydrogen) atoms. The van der Waals surface area contributed by atoms with Crippen LogP contribution >= 0.6 is 11.3 Å². The van der Waals surface area contributed by atoms with Crippen molar-refractivity contribution in [1.82, 2.24) is 9.88 Å². The molecule has 0 fully saturated rings. The Morgan fingerprint density at radius 2 is 1.86 bits per heavy atom. The molecule has 0 saturated carbocycles. The van der Waals surface area contributed by atoms with E-state index < -0.39 is 5.91 Å². The number of carbonyl (C=O) groups is 1. The van der Waals surface area contributed by atoms with Gasteiger partial charge in [-0.25, -0.2) is 0 Å². The highest BCUT2D eigenvalue weighted by Gasteiger charge is 2.16. The van der Waals surface area contributed by atoms with Crippen LogP contribution in [0.4, 0.5) is 0 Å². The van der Waals surface area contributed by atoms with E-state index >= 15 is 0 Å². The molecule has 0 saturated heterocycles. The summed E-state index contributed by atoms with van der Waals surface area (Å²) in [5.41, 5.74) is 0.880. The van der Waals surface area contributed by atoms with Crippen LogP contribution in [0.15, 0.2) is 59.4 Å². The fourth-order valence-corrected chi connectivity index (χ4v) is 3.80. The van der Waals surface area contributed by atoms with Crippen molar-refractivity contribution < 1.29 is 9.53 Å². The van der Waals surface area contributed by atoms with Crippen LogP contribution in [0, 0.1) is 11.3 Å². The summed E-state index contributed by atoms with van der Waals surface area (Å²) in [5.74, 6) is 0.0798. The lowest BCUT2D eigenvalue weighted by molar-refractivity contribution is -0.115. The number of hydrogen-bond acceptors (Lipinski definition) is 5. The first-order valence-electron chi connectivity index (χ1n) is 8.39. The van der Waals surface area contributed by atoms with Crippen LogP contribution in [0.3, 0.4) is 0 Å². The van der Waals surface area contributed by atoms with Crippen LogP contribution < -0.4 is 24.8 Å². The van der Waals surface area contributed by atoms with E-state index in [0.717, 1.165) is 16.9 Å². The minimum Gasteiger partial charge on any atom is -0.496 e. The molecule has 7 heteroatoms. The Morgan fingerprint density at radius 1 is 1.18 bits per heavy atom. The molecule has 2 aromatic carbocycles. The number of carbonyl (C=O) groups excluding carboxylic acids is 1. The third-order valence-electron chi connectivity index (χ3n) is 4.04. The highest BCUT2D eigenvalue weighted by Crippen LogP contribution is 2.17. The van der Waals surface area contributed by atoms with Crippen molar-refractivity contribution in [1.29, 1.82) is 5.26 Å². The number of methoxy groups -OCH3 is 1. The number of aromatic nitrogens is 1. The Bertz CT molecular complexity index is 1230. The molecule has 0 bridgehead atoms. The van der Waals surface area contributed by atoms with Gasteiger partial charge in [-0.3, -0.25) is 14.2 Å². The number of nitrogens with one attached hydrogen (secondary N) is 1. The molecule has 3 rings (SSSR count). The lowest BCUT2D eigenvalue weighted by atomic mass is 10.2. The predicted molar refractivity (Wildman–Crippen MR) is 109 cm³/mol. The lowest BCUT2D eigenvalue weighted by Gasteiger charge is -2.03. The number of para-hydroxylation sites is 2. The third-order valence-corrected chi connectivity index (χ3v) is 5.14. The van der Waals surface area contributed by atoms with Gasteiger partial charge in [-0.1, -0.05) is 36.4 Å². The molecular formula is C21H17N3O3S.